The Hall–Kier alpha value is -4.12. The molecule has 1 unspecified atom stereocenters. The van der Waals surface area contributed by atoms with Crippen molar-refractivity contribution in [2.45, 2.75) is 45.7 Å². The lowest BCUT2D eigenvalue weighted by Crippen LogP contribution is -2.53. The number of unbranched alkanes of at least 4 members (excludes halogenated alkanes) is 1. The molecule has 1 aliphatic rings. The average molecular weight is 598 g/mol. The number of fused-ring (bicyclic) bond motifs is 1. The number of sulfonamides is 1. The molecule has 9 nitrogen and oxygen atoms in total. The quantitative estimate of drug-likeness (QED) is 0.279. The van der Waals surface area contributed by atoms with Gasteiger partial charge in [-0.15, -0.1) is 0 Å². The summed E-state index contributed by atoms with van der Waals surface area (Å²) in [5.74, 6) is -0.771. The summed E-state index contributed by atoms with van der Waals surface area (Å²) in [5.41, 5.74) is 1.67. The lowest BCUT2D eigenvalue weighted by Gasteiger charge is -2.33. The first-order valence-electron chi connectivity index (χ1n) is 14.0. The van der Waals surface area contributed by atoms with Crippen LogP contribution in [0.1, 0.15) is 37.8 Å². The van der Waals surface area contributed by atoms with Gasteiger partial charge in [-0.1, -0.05) is 55.8 Å². The van der Waals surface area contributed by atoms with E-state index in [1.54, 1.807) is 24.3 Å². The van der Waals surface area contributed by atoms with Gasteiger partial charge in [-0.05, 0) is 48.7 Å². The largest absolute Gasteiger partial charge is 0.454 e. The summed E-state index contributed by atoms with van der Waals surface area (Å²) < 4.78 is 52.1. The number of hydrogen-bond acceptors (Lipinski definition) is 6. The van der Waals surface area contributed by atoms with Crippen LogP contribution in [0.15, 0.2) is 72.8 Å². The summed E-state index contributed by atoms with van der Waals surface area (Å²) in [6.07, 6.45) is 1.85. The lowest BCUT2D eigenvalue weighted by atomic mass is 10.0. The zero-order valence-electron chi connectivity index (χ0n) is 23.8. The fourth-order valence-corrected chi connectivity index (χ4v) is 5.66. The Morgan fingerprint density at radius 2 is 1.67 bits per heavy atom. The predicted octanol–water partition coefficient (Wildman–Crippen LogP) is 4.27. The number of anilines is 1. The Bertz CT molecular complexity index is 1470. The topological polar surface area (TPSA) is 105 Å². The number of carbonyl (C=O) groups is 2. The second kappa shape index (κ2) is 14.2. The van der Waals surface area contributed by atoms with Gasteiger partial charge in [0.2, 0.25) is 28.6 Å². The van der Waals surface area contributed by atoms with Crippen molar-refractivity contribution in [2.75, 3.05) is 29.9 Å². The monoisotopic (exact) mass is 597 g/mol. The zero-order valence-corrected chi connectivity index (χ0v) is 24.6. The molecule has 0 saturated heterocycles. The van der Waals surface area contributed by atoms with E-state index in [9.17, 15) is 22.4 Å². The number of ether oxygens (including phenoxy) is 2. The number of hydrogen-bond donors (Lipinski definition) is 1. The first-order chi connectivity index (χ1) is 20.2. The Kier molecular flexibility index (Phi) is 10.4. The third kappa shape index (κ3) is 7.79. The second-order valence-corrected chi connectivity index (χ2v) is 12.1. The molecule has 0 saturated carbocycles. The molecule has 0 fully saturated rings. The molecule has 0 aromatic heterocycles. The van der Waals surface area contributed by atoms with Crippen molar-refractivity contribution < 1.29 is 31.9 Å². The van der Waals surface area contributed by atoms with E-state index in [-0.39, 0.29) is 37.1 Å². The van der Waals surface area contributed by atoms with Crippen LogP contribution in [0.5, 0.6) is 11.5 Å². The maximum absolute atomic E-state index is 14.2. The van der Waals surface area contributed by atoms with E-state index in [4.69, 9.17) is 9.47 Å². The Morgan fingerprint density at radius 3 is 2.36 bits per heavy atom. The molecule has 3 aromatic rings. The molecule has 0 radical (unpaired) electrons. The number of nitrogens with zero attached hydrogens (tertiary/aromatic N) is 2. The molecular formula is C31H36FN3O6S. The van der Waals surface area contributed by atoms with Gasteiger partial charge in [0.1, 0.15) is 18.4 Å². The van der Waals surface area contributed by atoms with Crippen molar-refractivity contribution >= 4 is 27.5 Å². The van der Waals surface area contributed by atoms with Gasteiger partial charge in [0.25, 0.3) is 0 Å². The minimum atomic E-state index is -3.92. The molecule has 0 aliphatic carbocycles. The third-order valence-electron chi connectivity index (χ3n) is 6.99. The van der Waals surface area contributed by atoms with E-state index >= 15 is 0 Å². The molecule has 42 heavy (non-hydrogen) atoms. The molecule has 2 amide bonds. The molecular weight excluding hydrogens is 561 g/mol. The lowest BCUT2D eigenvalue weighted by molar-refractivity contribution is -0.140. The zero-order chi connectivity index (χ0) is 30.1. The van der Waals surface area contributed by atoms with Gasteiger partial charge >= 0.3 is 0 Å². The predicted molar refractivity (Wildman–Crippen MR) is 158 cm³/mol. The van der Waals surface area contributed by atoms with Crippen molar-refractivity contribution in [3.63, 3.8) is 0 Å². The van der Waals surface area contributed by atoms with Crippen molar-refractivity contribution in [2.24, 2.45) is 0 Å². The highest BCUT2D eigenvalue weighted by Crippen LogP contribution is 2.36. The molecule has 3 aromatic carbocycles. The van der Waals surface area contributed by atoms with Crippen LogP contribution in [0.4, 0.5) is 10.1 Å². The average Bonchev–Trinajstić information content (AvgIpc) is 3.47. The van der Waals surface area contributed by atoms with Gasteiger partial charge < -0.3 is 19.7 Å². The Balaban J connectivity index is 1.72. The smallest absolute Gasteiger partial charge is 0.244 e. The molecule has 1 atom stereocenters. The van der Waals surface area contributed by atoms with Crippen molar-refractivity contribution in [3.8, 4) is 11.5 Å². The number of carbonyl (C=O) groups excluding carboxylic acids is 2. The third-order valence-corrected chi connectivity index (χ3v) is 8.73. The Morgan fingerprint density at radius 1 is 0.952 bits per heavy atom. The van der Waals surface area contributed by atoms with Crippen molar-refractivity contribution in [3.05, 3.63) is 89.7 Å². The molecule has 11 heteroatoms. The van der Waals surface area contributed by atoms with Gasteiger partial charge in [0.05, 0.1) is 11.4 Å². The summed E-state index contributed by atoms with van der Waals surface area (Å²) in [7, 11) is -3.92. The number of benzene rings is 3. The summed E-state index contributed by atoms with van der Waals surface area (Å²) in [5, 5.41) is 2.93. The van der Waals surface area contributed by atoms with E-state index in [1.165, 1.54) is 30.0 Å². The maximum atomic E-state index is 14.2. The highest BCUT2D eigenvalue weighted by molar-refractivity contribution is 7.92. The molecule has 4 rings (SSSR count). The van der Waals surface area contributed by atoms with Crippen LogP contribution in [-0.2, 0) is 32.6 Å². The van der Waals surface area contributed by atoms with Gasteiger partial charge in [0.15, 0.2) is 11.5 Å². The summed E-state index contributed by atoms with van der Waals surface area (Å²) >= 11 is 0. The Labute approximate surface area is 246 Å². The van der Waals surface area contributed by atoms with E-state index in [1.807, 2.05) is 37.3 Å². The van der Waals surface area contributed by atoms with E-state index in [0.29, 0.717) is 23.6 Å². The first kappa shape index (κ1) is 30.8. The van der Waals surface area contributed by atoms with E-state index < -0.39 is 34.3 Å². The van der Waals surface area contributed by atoms with Gasteiger partial charge in [0, 0.05) is 25.6 Å². The highest BCUT2D eigenvalue weighted by atomic mass is 32.2. The van der Waals surface area contributed by atoms with E-state index in [0.717, 1.165) is 22.7 Å². The minimum absolute atomic E-state index is 0.0119. The minimum Gasteiger partial charge on any atom is -0.454 e. The van der Waals surface area contributed by atoms with Crippen LogP contribution >= 0.6 is 0 Å². The fraction of sp³-hybridized carbons (Fsp3) is 0.355. The summed E-state index contributed by atoms with van der Waals surface area (Å²) in [6.45, 7) is 3.38. The second-order valence-electron chi connectivity index (χ2n) is 9.94. The van der Waals surface area contributed by atoms with Crippen LogP contribution in [0, 0.1) is 5.82 Å². The molecule has 1 N–H and O–H groups in total. The van der Waals surface area contributed by atoms with Gasteiger partial charge in [-0.2, -0.15) is 0 Å². The van der Waals surface area contributed by atoms with Gasteiger partial charge in [-0.25, -0.2) is 12.8 Å². The summed E-state index contributed by atoms with van der Waals surface area (Å²) in [6, 6.07) is 18.7. The van der Waals surface area contributed by atoms with Crippen molar-refractivity contribution in [1.82, 2.24) is 10.2 Å². The van der Waals surface area contributed by atoms with Crippen LogP contribution < -0.4 is 19.1 Å². The number of amides is 2. The van der Waals surface area contributed by atoms with Crippen LogP contribution in [0.3, 0.4) is 0 Å². The normalized spacial score (nSPS) is 12.9. The first-order valence-corrected chi connectivity index (χ1v) is 15.6. The van der Waals surface area contributed by atoms with Crippen molar-refractivity contribution in [1.29, 1.82) is 0 Å². The fourth-order valence-electron chi connectivity index (χ4n) is 4.61. The van der Waals surface area contributed by atoms with Gasteiger partial charge in [-0.3, -0.25) is 13.9 Å². The maximum Gasteiger partial charge on any atom is 0.244 e. The standard InChI is InChI=1S/C31H36FN3O6S/c1-3-5-17-33-31(37)27(18-23-9-7-6-8-10-23)34(20-24-11-13-25(32)14-12-24)30(36)21-35(42(38,39)4-2)26-15-16-28-29(19-26)41-22-40-28/h6-16,19,27H,3-5,17-18,20-22H2,1-2H3,(H,33,37). The van der Waals surface area contributed by atoms with Crippen LogP contribution in [0.2, 0.25) is 0 Å². The molecule has 0 spiro atoms. The number of halogens is 1. The molecule has 1 heterocycles. The highest BCUT2D eigenvalue weighted by Gasteiger charge is 2.34. The van der Waals surface area contributed by atoms with Crippen LogP contribution in [0.25, 0.3) is 0 Å². The van der Waals surface area contributed by atoms with E-state index in [2.05, 4.69) is 5.32 Å². The molecule has 224 valence electrons. The summed E-state index contributed by atoms with van der Waals surface area (Å²) in [4.78, 5) is 29.2. The SMILES string of the molecule is CCCCNC(=O)C(Cc1ccccc1)N(Cc1ccc(F)cc1)C(=O)CN(c1ccc2c(c1)OCO2)S(=O)(=O)CC. The molecule has 1 aliphatic heterocycles. The van der Waals surface area contributed by atoms with Crippen LogP contribution in [-0.4, -0.2) is 56.8 Å². The number of nitrogens with one attached hydrogen (secondary N) is 1. The molecule has 0 bridgehead atoms. The number of rotatable bonds is 14.